The van der Waals surface area contributed by atoms with Crippen molar-refractivity contribution in [1.82, 2.24) is 20.2 Å². The molecule has 6 nitrogen and oxygen atoms in total. The van der Waals surface area contributed by atoms with E-state index < -0.39 is 0 Å². The molecular formula is C13H13N5O. The fourth-order valence-electron chi connectivity index (χ4n) is 1.89. The first kappa shape index (κ1) is 11.5. The minimum Gasteiger partial charge on any atom is -0.472 e. The van der Waals surface area contributed by atoms with Crippen LogP contribution >= 0.6 is 0 Å². The summed E-state index contributed by atoms with van der Waals surface area (Å²) in [4.78, 5) is 0. The van der Waals surface area contributed by atoms with E-state index >= 15 is 0 Å². The zero-order valence-electron chi connectivity index (χ0n) is 10.4. The quantitative estimate of drug-likeness (QED) is 0.773. The van der Waals surface area contributed by atoms with E-state index in [1.54, 1.807) is 23.5 Å². The lowest BCUT2D eigenvalue weighted by atomic mass is 10.1. The summed E-state index contributed by atoms with van der Waals surface area (Å²) in [5.41, 5.74) is 4.24. The Morgan fingerprint density at radius 2 is 2.26 bits per heavy atom. The highest BCUT2D eigenvalue weighted by Gasteiger charge is 2.03. The molecule has 0 aliphatic carbocycles. The van der Waals surface area contributed by atoms with Crippen molar-refractivity contribution < 1.29 is 4.42 Å². The fraction of sp³-hybridized carbons (Fsp3) is 0.154. The highest BCUT2D eigenvalue weighted by Crippen LogP contribution is 2.18. The Bertz CT molecular complexity index is 646. The summed E-state index contributed by atoms with van der Waals surface area (Å²) in [5.74, 6) is 0. The van der Waals surface area contributed by atoms with Crippen molar-refractivity contribution in [1.29, 1.82) is 0 Å². The molecule has 0 atom stereocenters. The van der Waals surface area contributed by atoms with Crippen LogP contribution in [0.3, 0.4) is 0 Å². The van der Waals surface area contributed by atoms with Crippen LogP contribution in [-0.2, 0) is 6.54 Å². The maximum absolute atomic E-state index is 5.03. The predicted molar refractivity (Wildman–Crippen MR) is 69.9 cm³/mol. The van der Waals surface area contributed by atoms with E-state index in [1.807, 2.05) is 25.1 Å². The lowest BCUT2D eigenvalue weighted by Crippen LogP contribution is -2.01. The molecule has 1 aromatic carbocycles. The van der Waals surface area contributed by atoms with Gasteiger partial charge in [0.05, 0.1) is 18.2 Å². The Balaban J connectivity index is 1.76. The van der Waals surface area contributed by atoms with Crippen LogP contribution in [0.2, 0.25) is 0 Å². The van der Waals surface area contributed by atoms with Crippen LogP contribution in [0.1, 0.15) is 11.1 Å². The summed E-state index contributed by atoms with van der Waals surface area (Å²) in [6.07, 6.45) is 4.99. The van der Waals surface area contributed by atoms with Crippen molar-refractivity contribution >= 4 is 5.69 Å². The van der Waals surface area contributed by atoms with Crippen LogP contribution in [0.5, 0.6) is 0 Å². The van der Waals surface area contributed by atoms with Crippen molar-refractivity contribution in [3.05, 3.63) is 54.2 Å². The maximum Gasteiger partial charge on any atom is 0.143 e. The van der Waals surface area contributed by atoms with Crippen LogP contribution in [0.15, 0.2) is 47.5 Å². The maximum atomic E-state index is 5.03. The number of furan rings is 1. The Hall–Kier alpha value is -2.63. The Morgan fingerprint density at radius 3 is 2.95 bits per heavy atom. The Labute approximate surface area is 110 Å². The molecule has 0 aliphatic rings. The molecule has 0 saturated heterocycles. The van der Waals surface area contributed by atoms with Gasteiger partial charge in [-0.25, -0.2) is 4.68 Å². The van der Waals surface area contributed by atoms with E-state index in [0.29, 0.717) is 0 Å². The summed E-state index contributed by atoms with van der Waals surface area (Å²) >= 11 is 0. The number of aromatic nitrogens is 4. The number of nitrogens with one attached hydrogen (secondary N) is 1. The van der Waals surface area contributed by atoms with Gasteiger partial charge in [-0.05, 0) is 47.2 Å². The molecule has 0 bridgehead atoms. The number of hydrogen-bond acceptors (Lipinski definition) is 5. The van der Waals surface area contributed by atoms with Crippen LogP contribution in [0.25, 0.3) is 5.69 Å². The van der Waals surface area contributed by atoms with Gasteiger partial charge < -0.3 is 9.73 Å². The molecule has 6 heteroatoms. The monoisotopic (exact) mass is 255 g/mol. The van der Waals surface area contributed by atoms with Gasteiger partial charge in [-0.3, -0.25) is 0 Å². The molecule has 19 heavy (non-hydrogen) atoms. The van der Waals surface area contributed by atoms with Crippen LogP contribution in [-0.4, -0.2) is 20.2 Å². The number of tetrazole rings is 1. The smallest absolute Gasteiger partial charge is 0.143 e. The summed E-state index contributed by atoms with van der Waals surface area (Å²) in [6.45, 7) is 2.76. The number of rotatable bonds is 4. The largest absolute Gasteiger partial charge is 0.472 e. The second-order valence-electron chi connectivity index (χ2n) is 4.24. The minimum atomic E-state index is 0.736. The molecule has 0 aliphatic heterocycles. The zero-order valence-corrected chi connectivity index (χ0v) is 10.4. The fourth-order valence-corrected chi connectivity index (χ4v) is 1.89. The summed E-state index contributed by atoms with van der Waals surface area (Å²) in [6, 6.07) is 8.00. The highest BCUT2D eigenvalue weighted by molar-refractivity contribution is 5.53. The molecule has 0 unspecified atom stereocenters. The van der Waals surface area contributed by atoms with Gasteiger partial charge in [0.2, 0.25) is 0 Å². The molecule has 0 amide bonds. The van der Waals surface area contributed by atoms with Gasteiger partial charge >= 0.3 is 0 Å². The first-order valence-electron chi connectivity index (χ1n) is 5.92. The van der Waals surface area contributed by atoms with E-state index in [-0.39, 0.29) is 0 Å². The highest BCUT2D eigenvalue weighted by atomic mass is 16.3. The zero-order chi connectivity index (χ0) is 13.1. The molecule has 2 heterocycles. The summed E-state index contributed by atoms with van der Waals surface area (Å²) in [7, 11) is 0. The third kappa shape index (κ3) is 2.47. The molecular weight excluding hydrogens is 242 g/mol. The number of hydrogen-bond donors (Lipinski definition) is 1. The van der Waals surface area contributed by atoms with Gasteiger partial charge in [-0.1, -0.05) is 0 Å². The molecule has 3 rings (SSSR count). The van der Waals surface area contributed by atoms with Crippen molar-refractivity contribution in [3.63, 3.8) is 0 Å². The van der Waals surface area contributed by atoms with Gasteiger partial charge in [0.1, 0.15) is 6.33 Å². The molecule has 1 N–H and O–H groups in total. The van der Waals surface area contributed by atoms with E-state index in [0.717, 1.165) is 29.0 Å². The van der Waals surface area contributed by atoms with Gasteiger partial charge in [-0.15, -0.1) is 5.10 Å². The van der Waals surface area contributed by atoms with Gasteiger partial charge in [-0.2, -0.15) is 0 Å². The normalized spacial score (nSPS) is 10.6. The number of anilines is 1. The van der Waals surface area contributed by atoms with Crippen LogP contribution in [0, 0.1) is 6.92 Å². The van der Waals surface area contributed by atoms with Crippen molar-refractivity contribution in [2.45, 2.75) is 13.5 Å². The van der Waals surface area contributed by atoms with E-state index in [9.17, 15) is 0 Å². The molecule has 0 saturated carbocycles. The summed E-state index contributed by atoms with van der Waals surface area (Å²) < 4.78 is 6.68. The number of nitrogens with zero attached hydrogens (tertiary/aromatic N) is 4. The standard InChI is InChI=1S/C13H13N5O/c1-10-6-12(14-7-11-4-5-19-8-11)2-3-13(10)18-9-15-16-17-18/h2-6,8-9,14H,7H2,1H3. The van der Waals surface area contributed by atoms with Crippen LogP contribution < -0.4 is 5.32 Å². The van der Waals surface area contributed by atoms with E-state index in [4.69, 9.17) is 4.42 Å². The average molecular weight is 255 g/mol. The Morgan fingerprint density at radius 1 is 1.32 bits per heavy atom. The van der Waals surface area contributed by atoms with E-state index in [1.165, 1.54) is 0 Å². The molecule has 2 aromatic heterocycles. The number of aryl methyl sites for hydroxylation is 1. The minimum absolute atomic E-state index is 0.736. The summed E-state index contributed by atoms with van der Waals surface area (Å²) in [5, 5.41) is 14.5. The van der Waals surface area contributed by atoms with Gasteiger partial charge in [0.25, 0.3) is 0 Å². The molecule has 0 spiro atoms. The van der Waals surface area contributed by atoms with Crippen LogP contribution in [0.4, 0.5) is 5.69 Å². The third-order valence-electron chi connectivity index (χ3n) is 2.87. The molecule has 96 valence electrons. The number of benzene rings is 1. The molecule has 3 aromatic rings. The second-order valence-corrected chi connectivity index (χ2v) is 4.24. The van der Waals surface area contributed by atoms with Gasteiger partial charge in [0, 0.05) is 17.8 Å². The average Bonchev–Trinajstić information content (AvgIpc) is 3.10. The lowest BCUT2D eigenvalue weighted by molar-refractivity contribution is 0.564. The first-order chi connectivity index (χ1) is 9.33. The van der Waals surface area contributed by atoms with E-state index in [2.05, 4.69) is 26.9 Å². The van der Waals surface area contributed by atoms with Crippen molar-refractivity contribution in [2.24, 2.45) is 0 Å². The predicted octanol–water partition coefficient (Wildman–Crippen LogP) is 2.18. The van der Waals surface area contributed by atoms with Gasteiger partial charge in [0.15, 0.2) is 0 Å². The SMILES string of the molecule is Cc1cc(NCc2ccoc2)ccc1-n1cnnn1. The first-order valence-corrected chi connectivity index (χ1v) is 5.92. The second kappa shape index (κ2) is 4.93. The van der Waals surface area contributed by atoms with Crippen molar-refractivity contribution in [2.75, 3.05) is 5.32 Å². The Kier molecular flexibility index (Phi) is 2.97. The molecule has 0 radical (unpaired) electrons. The van der Waals surface area contributed by atoms with Crippen molar-refractivity contribution in [3.8, 4) is 5.69 Å². The molecule has 0 fully saturated rings. The lowest BCUT2D eigenvalue weighted by Gasteiger charge is -2.09. The topological polar surface area (TPSA) is 68.8 Å². The third-order valence-corrected chi connectivity index (χ3v) is 2.87.